The second-order valence-electron chi connectivity index (χ2n) is 5.31. The lowest BCUT2D eigenvalue weighted by atomic mass is 10.0. The molecule has 0 aliphatic carbocycles. The summed E-state index contributed by atoms with van der Waals surface area (Å²) >= 11 is 0. The fraction of sp³-hybridized carbons (Fsp3) is 0.923. The maximum Gasteiger partial charge on any atom is 0.234 e. The summed E-state index contributed by atoms with van der Waals surface area (Å²) in [7, 11) is 5.72. The highest BCUT2D eigenvalue weighted by Crippen LogP contribution is 2.05. The fourth-order valence-corrected chi connectivity index (χ4v) is 1.82. The van der Waals surface area contributed by atoms with Gasteiger partial charge < -0.3 is 20.3 Å². The van der Waals surface area contributed by atoms with Crippen molar-refractivity contribution in [2.45, 2.75) is 26.3 Å². The molecule has 0 aromatic carbocycles. The summed E-state index contributed by atoms with van der Waals surface area (Å²) in [5.41, 5.74) is 0. The van der Waals surface area contributed by atoms with E-state index in [2.05, 4.69) is 29.4 Å². The molecule has 0 bridgehead atoms. The van der Waals surface area contributed by atoms with E-state index in [1.165, 1.54) is 0 Å². The number of methoxy groups -OCH3 is 1. The van der Waals surface area contributed by atoms with Crippen LogP contribution in [0.15, 0.2) is 0 Å². The van der Waals surface area contributed by atoms with E-state index in [9.17, 15) is 4.79 Å². The van der Waals surface area contributed by atoms with Crippen LogP contribution in [0.25, 0.3) is 0 Å². The van der Waals surface area contributed by atoms with Gasteiger partial charge >= 0.3 is 0 Å². The topological polar surface area (TPSA) is 53.6 Å². The molecule has 1 amide bonds. The van der Waals surface area contributed by atoms with Gasteiger partial charge in [0.2, 0.25) is 5.91 Å². The lowest BCUT2D eigenvalue weighted by molar-refractivity contribution is -0.120. The van der Waals surface area contributed by atoms with E-state index >= 15 is 0 Å². The van der Waals surface area contributed by atoms with Gasteiger partial charge in [0.15, 0.2) is 0 Å². The largest absolute Gasteiger partial charge is 0.383 e. The summed E-state index contributed by atoms with van der Waals surface area (Å²) in [5, 5.41) is 6.12. The predicted molar refractivity (Wildman–Crippen MR) is 74.7 cm³/mol. The molecule has 108 valence electrons. The van der Waals surface area contributed by atoms with E-state index in [4.69, 9.17) is 4.74 Å². The molecule has 5 nitrogen and oxygen atoms in total. The highest BCUT2D eigenvalue weighted by atomic mass is 16.5. The molecule has 1 unspecified atom stereocenters. The van der Waals surface area contributed by atoms with Crippen molar-refractivity contribution in [1.29, 1.82) is 0 Å². The Morgan fingerprint density at radius 2 is 2.00 bits per heavy atom. The monoisotopic (exact) mass is 259 g/mol. The molecule has 5 heteroatoms. The standard InChI is InChI=1S/C13H29N3O2/c1-11(2)8-12(10-16(3)4)15-9-13(17)14-6-7-18-5/h11-12,15H,6-10H2,1-5H3,(H,14,17). The van der Waals surface area contributed by atoms with Crippen molar-refractivity contribution < 1.29 is 9.53 Å². The van der Waals surface area contributed by atoms with Gasteiger partial charge in [-0.15, -0.1) is 0 Å². The minimum atomic E-state index is 0.0274. The summed E-state index contributed by atoms with van der Waals surface area (Å²) in [4.78, 5) is 13.7. The zero-order valence-electron chi connectivity index (χ0n) is 12.5. The quantitative estimate of drug-likeness (QED) is 0.555. The van der Waals surface area contributed by atoms with Crippen molar-refractivity contribution in [1.82, 2.24) is 15.5 Å². The van der Waals surface area contributed by atoms with Crippen LogP contribution < -0.4 is 10.6 Å². The number of amides is 1. The second-order valence-corrected chi connectivity index (χ2v) is 5.31. The van der Waals surface area contributed by atoms with Gasteiger partial charge in [0.1, 0.15) is 0 Å². The van der Waals surface area contributed by atoms with Gasteiger partial charge in [0.25, 0.3) is 0 Å². The first-order valence-electron chi connectivity index (χ1n) is 6.59. The molecule has 0 aromatic heterocycles. The van der Waals surface area contributed by atoms with Gasteiger partial charge in [-0.1, -0.05) is 13.8 Å². The third-order valence-corrected chi connectivity index (χ3v) is 2.52. The van der Waals surface area contributed by atoms with Gasteiger partial charge in [0.05, 0.1) is 13.2 Å². The van der Waals surface area contributed by atoms with Crippen molar-refractivity contribution in [2.24, 2.45) is 5.92 Å². The normalized spacial score (nSPS) is 13.1. The first-order valence-corrected chi connectivity index (χ1v) is 6.59. The third kappa shape index (κ3) is 10.5. The molecule has 2 N–H and O–H groups in total. The molecule has 1 atom stereocenters. The number of carbonyl (C=O) groups is 1. The van der Waals surface area contributed by atoms with E-state index in [1.54, 1.807) is 7.11 Å². The van der Waals surface area contributed by atoms with Crippen molar-refractivity contribution >= 4 is 5.91 Å². The Morgan fingerprint density at radius 1 is 1.33 bits per heavy atom. The first-order chi connectivity index (χ1) is 8.45. The van der Waals surface area contributed by atoms with Gasteiger partial charge in [0, 0.05) is 26.2 Å². The highest BCUT2D eigenvalue weighted by molar-refractivity contribution is 5.77. The maximum absolute atomic E-state index is 11.6. The Kier molecular flexibility index (Phi) is 9.92. The van der Waals surface area contributed by atoms with Crippen LogP contribution in [0.1, 0.15) is 20.3 Å². The molecule has 0 saturated carbocycles. The molecular formula is C13H29N3O2. The Hall–Kier alpha value is -0.650. The molecule has 0 aliphatic rings. The van der Waals surface area contributed by atoms with Crippen LogP contribution in [0, 0.1) is 5.92 Å². The fourth-order valence-electron chi connectivity index (χ4n) is 1.82. The van der Waals surface area contributed by atoms with E-state index in [0.29, 0.717) is 31.7 Å². The van der Waals surface area contributed by atoms with E-state index in [1.807, 2.05) is 14.1 Å². The molecule has 0 aliphatic heterocycles. The number of likely N-dealkylation sites (N-methyl/N-ethyl adjacent to an activating group) is 1. The minimum Gasteiger partial charge on any atom is -0.383 e. The number of nitrogens with one attached hydrogen (secondary N) is 2. The molecule has 0 fully saturated rings. The van der Waals surface area contributed by atoms with E-state index < -0.39 is 0 Å². The summed E-state index contributed by atoms with van der Waals surface area (Å²) in [6.07, 6.45) is 1.07. The average molecular weight is 259 g/mol. The number of nitrogens with zero attached hydrogens (tertiary/aromatic N) is 1. The predicted octanol–water partition coefficient (Wildman–Crippen LogP) is 0.315. The molecule has 0 radical (unpaired) electrons. The smallest absolute Gasteiger partial charge is 0.234 e. The molecule has 0 spiro atoms. The van der Waals surface area contributed by atoms with Crippen molar-refractivity contribution in [3.05, 3.63) is 0 Å². The van der Waals surface area contributed by atoms with Gasteiger partial charge in [-0.05, 0) is 26.4 Å². The zero-order valence-corrected chi connectivity index (χ0v) is 12.5. The van der Waals surface area contributed by atoms with Crippen molar-refractivity contribution in [3.8, 4) is 0 Å². The summed E-state index contributed by atoms with van der Waals surface area (Å²) < 4.78 is 4.88. The third-order valence-electron chi connectivity index (χ3n) is 2.52. The van der Waals surface area contributed by atoms with Crippen molar-refractivity contribution in [3.63, 3.8) is 0 Å². The van der Waals surface area contributed by atoms with E-state index in [0.717, 1.165) is 13.0 Å². The lowest BCUT2D eigenvalue weighted by Gasteiger charge is -2.23. The molecule has 18 heavy (non-hydrogen) atoms. The van der Waals surface area contributed by atoms with Crippen LogP contribution in [-0.4, -0.2) is 64.3 Å². The maximum atomic E-state index is 11.6. The Balaban J connectivity index is 3.89. The average Bonchev–Trinajstić information content (AvgIpc) is 2.25. The van der Waals surface area contributed by atoms with Crippen LogP contribution in [0.5, 0.6) is 0 Å². The SMILES string of the molecule is COCCNC(=O)CNC(CC(C)C)CN(C)C. The molecule has 0 rings (SSSR count). The van der Waals surface area contributed by atoms with Crippen LogP contribution in [-0.2, 0) is 9.53 Å². The van der Waals surface area contributed by atoms with Crippen LogP contribution in [0.4, 0.5) is 0 Å². The summed E-state index contributed by atoms with van der Waals surface area (Å²) in [6, 6.07) is 0.355. The Labute approximate surface area is 111 Å². The summed E-state index contributed by atoms with van der Waals surface area (Å²) in [6.45, 7) is 6.84. The van der Waals surface area contributed by atoms with Crippen LogP contribution >= 0.6 is 0 Å². The Morgan fingerprint density at radius 3 is 2.50 bits per heavy atom. The van der Waals surface area contributed by atoms with Crippen molar-refractivity contribution in [2.75, 3.05) is 47.4 Å². The number of ether oxygens (including phenoxy) is 1. The summed E-state index contributed by atoms with van der Waals surface area (Å²) in [5.74, 6) is 0.651. The number of rotatable bonds is 10. The van der Waals surface area contributed by atoms with Gasteiger partial charge in [-0.25, -0.2) is 0 Å². The molecular weight excluding hydrogens is 230 g/mol. The zero-order chi connectivity index (χ0) is 14.0. The highest BCUT2D eigenvalue weighted by Gasteiger charge is 2.12. The number of carbonyl (C=O) groups excluding carboxylic acids is 1. The van der Waals surface area contributed by atoms with Gasteiger partial charge in [-0.3, -0.25) is 4.79 Å². The molecule has 0 heterocycles. The lowest BCUT2D eigenvalue weighted by Crippen LogP contribution is -2.44. The molecule has 0 saturated heterocycles. The second kappa shape index (κ2) is 10.3. The minimum absolute atomic E-state index is 0.0274. The Bertz CT molecular complexity index is 210. The number of hydrogen-bond donors (Lipinski definition) is 2. The number of hydrogen-bond acceptors (Lipinski definition) is 4. The first kappa shape index (κ1) is 17.4. The van der Waals surface area contributed by atoms with Crippen LogP contribution in [0.3, 0.4) is 0 Å². The van der Waals surface area contributed by atoms with E-state index in [-0.39, 0.29) is 5.91 Å². The van der Waals surface area contributed by atoms with Crippen LogP contribution in [0.2, 0.25) is 0 Å². The molecule has 0 aromatic rings. The van der Waals surface area contributed by atoms with Gasteiger partial charge in [-0.2, -0.15) is 0 Å².